The summed E-state index contributed by atoms with van der Waals surface area (Å²) in [5.41, 5.74) is 0. The molecular weight excluding hydrogens is 328 g/mol. The molecule has 0 aliphatic carbocycles. The van der Waals surface area contributed by atoms with Crippen LogP contribution in [0.25, 0.3) is 0 Å². The highest BCUT2D eigenvalue weighted by Crippen LogP contribution is 2.10. The Balaban J connectivity index is 0. The molecule has 0 rings (SSSR count). The Morgan fingerprint density at radius 3 is 1.58 bits per heavy atom. The van der Waals surface area contributed by atoms with Crippen molar-refractivity contribution in [1.29, 1.82) is 0 Å². The number of aliphatic carboxylic acids is 1. The van der Waals surface area contributed by atoms with Crippen molar-refractivity contribution in [3.8, 4) is 0 Å². The van der Waals surface area contributed by atoms with E-state index in [1.165, 1.54) is 77.0 Å². The highest BCUT2D eigenvalue weighted by Gasteiger charge is 1.96. The van der Waals surface area contributed by atoms with Gasteiger partial charge in [0.25, 0.3) is 0 Å². The number of hydrogen-bond donors (Lipinski definition) is 1. The monoisotopic (exact) mass is 372 g/mol. The summed E-state index contributed by atoms with van der Waals surface area (Å²) >= 11 is 0. The molecule has 0 atom stereocenters. The van der Waals surface area contributed by atoms with Gasteiger partial charge in [-0.15, -0.1) is 0 Å². The second-order valence-electron chi connectivity index (χ2n) is 6.98. The van der Waals surface area contributed by atoms with Gasteiger partial charge in [0.05, 0.1) is 0 Å². The number of rotatable bonds is 19. The van der Waals surface area contributed by atoms with Crippen molar-refractivity contribution in [3.05, 3.63) is 0 Å². The number of aldehydes is 1. The van der Waals surface area contributed by atoms with Gasteiger partial charge in [-0.25, -0.2) is 0 Å². The number of carboxylic acids is 1. The van der Waals surface area contributed by atoms with Crippen LogP contribution in [0.5, 0.6) is 0 Å². The van der Waals surface area contributed by atoms with Gasteiger partial charge in [-0.1, -0.05) is 97.3 Å². The van der Waals surface area contributed by atoms with Crippen LogP contribution in [-0.4, -0.2) is 30.6 Å². The summed E-state index contributed by atoms with van der Waals surface area (Å²) in [5, 5.41) is 8.41. The van der Waals surface area contributed by atoms with Gasteiger partial charge in [-0.05, 0) is 12.8 Å². The predicted octanol–water partition coefficient (Wildman–Crippen LogP) is 6.55. The van der Waals surface area contributed by atoms with Gasteiger partial charge >= 0.3 is 5.97 Å². The molecule has 4 nitrogen and oxygen atoms in total. The smallest absolute Gasteiger partial charge is 0.303 e. The molecule has 0 spiro atoms. The molecule has 0 heterocycles. The van der Waals surface area contributed by atoms with Crippen molar-refractivity contribution in [2.24, 2.45) is 0 Å². The molecule has 0 aromatic rings. The summed E-state index contributed by atoms with van der Waals surface area (Å²) < 4.78 is 5.02. The van der Waals surface area contributed by atoms with Gasteiger partial charge in [0.1, 0.15) is 12.9 Å². The summed E-state index contributed by atoms with van der Waals surface area (Å²) in [4.78, 5) is 20.1. The van der Waals surface area contributed by atoms with E-state index in [4.69, 9.17) is 9.84 Å². The van der Waals surface area contributed by atoms with E-state index in [0.29, 0.717) is 6.42 Å². The molecule has 156 valence electrons. The third-order valence-corrected chi connectivity index (χ3v) is 4.32. The SMILES string of the molecule is CCCCCCCCCCCC(=O)O.CCCCCCCCOCC=O. The lowest BCUT2D eigenvalue weighted by Crippen LogP contribution is -1.97. The fraction of sp³-hybridized carbons (Fsp3) is 0.909. The molecule has 26 heavy (non-hydrogen) atoms. The molecule has 0 amide bonds. The lowest BCUT2D eigenvalue weighted by molar-refractivity contribution is -0.137. The number of hydrogen-bond acceptors (Lipinski definition) is 3. The number of carbonyl (C=O) groups is 2. The molecule has 1 N–H and O–H groups in total. The molecule has 0 saturated carbocycles. The molecule has 0 bridgehead atoms. The van der Waals surface area contributed by atoms with E-state index < -0.39 is 5.97 Å². The van der Waals surface area contributed by atoms with Crippen LogP contribution in [-0.2, 0) is 14.3 Å². The van der Waals surface area contributed by atoms with E-state index in [-0.39, 0.29) is 6.61 Å². The zero-order valence-corrected chi connectivity index (χ0v) is 17.5. The van der Waals surface area contributed by atoms with Crippen molar-refractivity contribution in [2.75, 3.05) is 13.2 Å². The zero-order chi connectivity index (χ0) is 19.7. The third kappa shape index (κ3) is 30.9. The van der Waals surface area contributed by atoms with Gasteiger partial charge in [-0.2, -0.15) is 0 Å². The molecule has 0 saturated heterocycles. The minimum atomic E-state index is -0.659. The minimum Gasteiger partial charge on any atom is -0.481 e. The van der Waals surface area contributed by atoms with Crippen LogP contribution in [0.3, 0.4) is 0 Å². The maximum Gasteiger partial charge on any atom is 0.303 e. The second-order valence-corrected chi connectivity index (χ2v) is 6.98. The highest BCUT2D eigenvalue weighted by molar-refractivity contribution is 5.66. The van der Waals surface area contributed by atoms with E-state index in [9.17, 15) is 9.59 Å². The Hall–Kier alpha value is -0.900. The molecule has 0 aromatic carbocycles. The van der Waals surface area contributed by atoms with E-state index in [2.05, 4.69) is 13.8 Å². The average molecular weight is 373 g/mol. The summed E-state index contributed by atoms with van der Waals surface area (Å²) in [6.07, 6.45) is 19.9. The predicted molar refractivity (Wildman–Crippen MR) is 110 cm³/mol. The topological polar surface area (TPSA) is 63.6 Å². The van der Waals surface area contributed by atoms with Crippen LogP contribution in [0, 0.1) is 0 Å². The van der Waals surface area contributed by atoms with Gasteiger partial charge in [-0.3, -0.25) is 4.79 Å². The van der Waals surface area contributed by atoms with Crippen LogP contribution in [0.1, 0.15) is 117 Å². The van der Waals surface area contributed by atoms with Crippen LogP contribution in [0.2, 0.25) is 0 Å². The first kappa shape index (κ1) is 27.3. The fourth-order valence-corrected chi connectivity index (χ4v) is 2.70. The van der Waals surface area contributed by atoms with E-state index in [0.717, 1.165) is 32.2 Å². The third-order valence-electron chi connectivity index (χ3n) is 4.32. The van der Waals surface area contributed by atoms with Gasteiger partial charge in [0.2, 0.25) is 0 Å². The van der Waals surface area contributed by atoms with Crippen LogP contribution in [0.15, 0.2) is 0 Å². The van der Waals surface area contributed by atoms with Gasteiger partial charge in [0.15, 0.2) is 0 Å². The molecule has 0 aromatic heterocycles. The van der Waals surface area contributed by atoms with E-state index >= 15 is 0 Å². The Morgan fingerprint density at radius 1 is 0.731 bits per heavy atom. The largest absolute Gasteiger partial charge is 0.481 e. The quantitative estimate of drug-likeness (QED) is 0.206. The van der Waals surface area contributed by atoms with Crippen molar-refractivity contribution < 1.29 is 19.4 Å². The maximum absolute atomic E-state index is 10.2. The molecule has 0 aliphatic heterocycles. The summed E-state index contributed by atoms with van der Waals surface area (Å²) in [6.45, 7) is 5.44. The molecule has 4 heteroatoms. The number of unbranched alkanes of at least 4 members (excludes halogenated alkanes) is 13. The minimum absolute atomic E-state index is 0.259. The molecule has 0 unspecified atom stereocenters. The summed E-state index contributed by atoms with van der Waals surface area (Å²) in [7, 11) is 0. The zero-order valence-electron chi connectivity index (χ0n) is 17.5. The van der Waals surface area contributed by atoms with Crippen molar-refractivity contribution in [1.82, 2.24) is 0 Å². The van der Waals surface area contributed by atoms with E-state index in [1.54, 1.807) is 0 Å². The average Bonchev–Trinajstić information content (AvgIpc) is 2.63. The Kier molecular flexibility index (Phi) is 27.7. The summed E-state index contributed by atoms with van der Waals surface area (Å²) in [6, 6.07) is 0. The number of ether oxygens (including phenoxy) is 1. The first-order chi connectivity index (χ1) is 12.7. The second kappa shape index (κ2) is 26.3. The molecule has 0 aliphatic rings. The molecular formula is C22H44O4. The fourth-order valence-electron chi connectivity index (χ4n) is 2.70. The van der Waals surface area contributed by atoms with Gasteiger partial charge in [0, 0.05) is 13.0 Å². The molecule has 0 fully saturated rings. The standard InChI is InChI=1S/C12H24O2.C10H20O2/c1-2-3-4-5-6-7-8-9-10-11-12(13)14;1-2-3-4-5-6-7-9-12-10-8-11/h2-11H2,1H3,(H,13,14);8H,2-7,9-10H2,1H3. The lowest BCUT2D eigenvalue weighted by Gasteiger charge is -2.00. The Morgan fingerprint density at radius 2 is 1.15 bits per heavy atom. The Bertz CT molecular complexity index is 279. The first-order valence-corrected chi connectivity index (χ1v) is 10.9. The van der Waals surface area contributed by atoms with Crippen LogP contribution in [0.4, 0.5) is 0 Å². The van der Waals surface area contributed by atoms with Crippen LogP contribution >= 0.6 is 0 Å². The molecule has 0 radical (unpaired) electrons. The number of carboxylic acid groups (broad SMARTS) is 1. The van der Waals surface area contributed by atoms with E-state index in [1.807, 2.05) is 0 Å². The first-order valence-electron chi connectivity index (χ1n) is 10.9. The van der Waals surface area contributed by atoms with Crippen molar-refractivity contribution in [3.63, 3.8) is 0 Å². The highest BCUT2D eigenvalue weighted by atomic mass is 16.5. The van der Waals surface area contributed by atoms with Crippen molar-refractivity contribution in [2.45, 2.75) is 117 Å². The normalized spacial score (nSPS) is 10.2. The lowest BCUT2D eigenvalue weighted by atomic mass is 10.1. The Labute approximate surface area is 162 Å². The van der Waals surface area contributed by atoms with Crippen LogP contribution < -0.4 is 0 Å². The maximum atomic E-state index is 10.2. The van der Waals surface area contributed by atoms with Crippen molar-refractivity contribution >= 4 is 12.3 Å². The van der Waals surface area contributed by atoms with Gasteiger partial charge < -0.3 is 14.6 Å². The summed E-state index contributed by atoms with van der Waals surface area (Å²) in [5.74, 6) is -0.659. The number of carbonyl (C=O) groups excluding carboxylic acids is 1.